The van der Waals surface area contributed by atoms with Crippen LogP contribution >= 0.6 is 0 Å². The molecule has 3 fully saturated rings. The summed E-state index contributed by atoms with van der Waals surface area (Å²) in [6.07, 6.45) is -4.53. The van der Waals surface area contributed by atoms with E-state index in [0.29, 0.717) is 23.4 Å². The third kappa shape index (κ3) is 12.6. The number of nitrogens with one attached hydrogen (secondary N) is 1. The monoisotopic (exact) mass is 907 g/mol. The van der Waals surface area contributed by atoms with Crippen molar-refractivity contribution < 1.29 is 59.8 Å². The number of pyridine rings is 1. The van der Waals surface area contributed by atoms with E-state index in [4.69, 9.17) is 9.84 Å². The van der Waals surface area contributed by atoms with Crippen molar-refractivity contribution >= 4 is 41.1 Å². The van der Waals surface area contributed by atoms with Crippen LogP contribution in [0.1, 0.15) is 70.7 Å². The highest BCUT2D eigenvalue weighted by Crippen LogP contribution is 2.33. The Balaban J connectivity index is 0.000000223. The second kappa shape index (κ2) is 21.6. The van der Waals surface area contributed by atoms with Crippen molar-refractivity contribution in [3.63, 3.8) is 0 Å². The number of hydrogen-bond donors (Lipinski definition) is 2. The van der Waals surface area contributed by atoms with Crippen LogP contribution in [-0.2, 0) is 19.1 Å². The molecule has 1 aromatic heterocycles. The third-order valence-corrected chi connectivity index (χ3v) is 10.4. The number of hydrogen-bond acceptors (Lipinski definition) is 9. The highest BCUT2D eigenvalue weighted by molar-refractivity contribution is 6.00. The summed E-state index contributed by atoms with van der Waals surface area (Å²) in [6.45, 7) is 12.3. The average molecular weight is 908 g/mol. The van der Waals surface area contributed by atoms with Gasteiger partial charge in [0.25, 0.3) is 0 Å². The van der Waals surface area contributed by atoms with Crippen LogP contribution in [0, 0.1) is 48.4 Å². The van der Waals surface area contributed by atoms with E-state index in [1.165, 1.54) is 26.8 Å². The first-order valence-electron chi connectivity index (χ1n) is 20.6. The first-order chi connectivity index (χ1) is 30.0. The van der Waals surface area contributed by atoms with E-state index in [0.717, 1.165) is 29.2 Å². The maximum Gasteiger partial charge on any atom is 0.411 e. The number of nitriles is 1. The van der Waals surface area contributed by atoms with Crippen LogP contribution < -0.4 is 20.0 Å². The molecule has 3 aromatic rings. The molecule has 348 valence electrons. The number of aromatic nitrogens is 1. The lowest BCUT2D eigenvalue weighted by Crippen LogP contribution is -2.46. The number of aliphatic carboxylic acids is 1. The van der Waals surface area contributed by atoms with Crippen molar-refractivity contribution in [2.24, 2.45) is 0 Å². The predicted molar refractivity (Wildman–Crippen MR) is 223 cm³/mol. The first-order valence-corrected chi connectivity index (χ1v) is 20.6. The number of likely N-dealkylation sites (tertiary alicyclic amines) is 1. The quantitative estimate of drug-likeness (QED) is 0.221. The molecule has 3 amide bonds. The standard InChI is InChI=1S/C21H21F3N4O.C13H15F3N2O.C10H16FNO4/c1-4-27(15-5-6-17(23)18(24)9-15)21(29)19-8-14(22)11-28(19)20-16(10-25)12(2)7-13(3)26-20;1-2-18(9-3-4-10(15)11(16)6-9)13(19)12-5-8(14)7-17-12;1-10(2,3)16-9(15)12-5-6(11)4-7(12)8(13)14/h5-7,9,14,19H,4,8,11H2,1-3H3;3-4,6,8,12,17H,2,5,7H2,1H3;6-7H,4-5H2,1-3H3,(H,13,14)/t14-,19-;8-,12-;6-,7-/m000/s1. The van der Waals surface area contributed by atoms with Gasteiger partial charge in [0.1, 0.15) is 48.1 Å². The summed E-state index contributed by atoms with van der Waals surface area (Å²) in [5.41, 5.74) is 1.38. The fraction of sp³-hybridized carbons (Fsp3) is 0.500. The molecule has 0 unspecified atom stereocenters. The van der Waals surface area contributed by atoms with Gasteiger partial charge in [-0.3, -0.25) is 14.5 Å². The van der Waals surface area contributed by atoms with Gasteiger partial charge in [0.15, 0.2) is 23.3 Å². The number of carboxylic acids is 1. The number of benzene rings is 2. The van der Waals surface area contributed by atoms with Crippen molar-refractivity contribution in [3.05, 3.63) is 82.6 Å². The zero-order valence-electron chi connectivity index (χ0n) is 36.5. The summed E-state index contributed by atoms with van der Waals surface area (Å²) >= 11 is 0. The van der Waals surface area contributed by atoms with Crippen LogP contribution in [0.5, 0.6) is 0 Å². The van der Waals surface area contributed by atoms with Crippen molar-refractivity contribution in [2.45, 2.75) is 110 Å². The minimum atomic E-state index is -1.30. The number of carbonyl (C=O) groups is 4. The van der Waals surface area contributed by atoms with Gasteiger partial charge in [0, 0.05) is 68.1 Å². The molecule has 6 atom stereocenters. The molecule has 0 bridgehead atoms. The van der Waals surface area contributed by atoms with Crippen molar-refractivity contribution in [1.29, 1.82) is 5.26 Å². The largest absolute Gasteiger partial charge is 0.480 e. The summed E-state index contributed by atoms with van der Waals surface area (Å²) < 4.78 is 98.5. The number of ether oxygens (including phenoxy) is 1. The number of rotatable bonds is 8. The number of aryl methyl sites for hydroxylation is 2. The van der Waals surface area contributed by atoms with Gasteiger partial charge in [-0.15, -0.1) is 0 Å². The molecule has 2 N–H and O–H groups in total. The Morgan fingerprint density at radius 2 is 1.34 bits per heavy atom. The van der Waals surface area contributed by atoms with Gasteiger partial charge in [-0.1, -0.05) is 0 Å². The second-order valence-electron chi connectivity index (χ2n) is 16.4. The molecule has 20 heteroatoms. The van der Waals surface area contributed by atoms with Gasteiger partial charge in [-0.05, 0) is 84.4 Å². The van der Waals surface area contributed by atoms with E-state index in [2.05, 4.69) is 16.4 Å². The number of anilines is 3. The fourth-order valence-electron chi connectivity index (χ4n) is 7.44. The van der Waals surface area contributed by atoms with E-state index in [-0.39, 0.29) is 68.5 Å². The molecule has 3 aliphatic rings. The zero-order valence-corrected chi connectivity index (χ0v) is 36.5. The second-order valence-corrected chi connectivity index (χ2v) is 16.4. The lowest BCUT2D eigenvalue weighted by atomic mass is 10.1. The van der Waals surface area contributed by atoms with Gasteiger partial charge in [0.05, 0.1) is 24.7 Å². The summed E-state index contributed by atoms with van der Waals surface area (Å²) in [5.74, 6) is -5.76. The lowest BCUT2D eigenvalue weighted by Gasteiger charge is -2.31. The van der Waals surface area contributed by atoms with Gasteiger partial charge in [-0.25, -0.2) is 45.3 Å². The highest BCUT2D eigenvalue weighted by Gasteiger charge is 2.43. The molecule has 6 rings (SSSR count). The third-order valence-electron chi connectivity index (χ3n) is 10.4. The number of alkyl halides is 3. The Morgan fingerprint density at radius 3 is 1.81 bits per heavy atom. The summed E-state index contributed by atoms with van der Waals surface area (Å²) in [4.78, 5) is 57.3. The van der Waals surface area contributed by atoms with E-state index in [1.807, 2.05) is 0 Å². The van der Waals surface area contributed by atoms with Crippen molar-refractivity contribution in [1.82, 2.24) is 15.2 Å². The molecule has 3 saturated heterocycles. The number of nitrogens with zero attached hydrogens (tertiary/aromatic N) is 6. The number of amides is 3. The van der Waals surface area contributed by atoms with Crippen LogP contribution in [0.2, 0.25) is 0 Å². The highest BCUT2D eigenvalue weighted by atomic mass is 19.2. The SMILES string of the molecule is CC(C)(C)OC(=O)N1C[C@@H](F)C[C@H]1C(=O)O.CCN(C(=O)[C@@H]1C[C@H](F)CN1)c1ccc(F)c(F)c1.CCN(C(=O)[C@@H]1C[C@H](F)CN1c1nc(C)cc(C)c1C#N)c1ccc(F)c(F)c1. The van der Waals surface area contributed by atoms with Gasteiger partial charge in [-0.2, -0.15) is 5.26 Å². The molecular formula is C44H52F7N7O6. The van der Waals surface area contributed by atoms with Crippen LogP contribution in [0.15, 0.2) is 42.5 Å². The summed E-state index contributed by atoms with van der Waals surface area (Å²) in [5, 5.41) is 21.2. The number of halogens is 7. The molecule has 0 aliphatic carbocycles. The fourth-order valence-corrected chi connectivity index (χ4v) is 7.44. The number of carboxylic acid groups (broad SMARTS) is 1. The average Bonchev–Trinajstić information content (AvgIpc) is 3.95. The smallest absolute Gasteiger partial charge is 0.411 e. The Bertz CT molecular complexity index is 2220. The van der Waals surface area contributed by atoms with E-state index >= 15 is 0 Å². The Kier molecular flexibility index (Phi) is 17.1. The predicted octanol–water partition coefficient (Wildman–Crippen LogP) is 7.25. The topological polar surface area (TPSA) is 159 Å². The zero-order chi connectivity index (χ0) is 47.8. The van der Waals surface area contributed by atoms with E-state index in [1.54, 1.807) is 54.5 Å². The summed E-state index contributed by atoms with van der Waals surface area (Å²) in [7, 11) is 0. The molecule has 0 radical (unpaired) electrons. The number of carbonyl (C=O) groups excluding carboxylic acids is 3. The van der Waals surface area contributed by atoms with Gasteiger partial charge >= 0.3 is 12.1 Å². The molecule has 13 nitrogen and oxygen atoms in total. The Hall–Kier alpha value is -5.97. The molecule has 2 aromatic carbocycles. The maximum atomic E-state index is 14.4. The first kappa shape index (κ1) is 50.7. The van der Waals surface area contributed by atoms with Crippen molar-refractivity contribution in [2.75, 3.05) is 47.4 Å². The molecule has 0 saturated carbocycles. The van der Waals surface area contributed by atoms with Gasteiger partial charge in [0.2, 0.25) is 11.8 Å². The molecular weight excluding hydrogens is 856 g/mol. The summed E-state index contributed by atoms with van der Waals surface area (Å²) in [6, 6.07) is 7.68. The van der Waals surface area contributed by atoms with Crippen molar-refractivity contribution in [3.8, 4) is 6.07 Å². The van der Waals surface area contributed by atoms with Gasteiger partial charge < -0.3 is 29.9 Å². The van der Waals surface area contributed by atoms with Crippen LogP contribution in [0.25, 0.3) is 0 Å². The van der Waals surface area contributed by atoms with Crippen LogP contribution in [-0.4, -0.2) is 114 Å². The lowest BCUT2D eigenvalue weighted by molar-refractivity contribution is -0.142. The van der Waals surface area contributed by atoms with Crippen LogP contribution in [0.3, 0.4) is 0 Å². The van der Waals surface area contributed by atoms with Crippen LogP contribution in [0.4, 0.5) is 52.7 Å². The Labute approximate surface area is 366 Å². The van der Waals surface area contributed by atoms with E-state index in [9.17, 15) is 55.2 Å². The number of likely N-dealkylation sites (N-methyl/N-ethyl adjacent to an activating group) is 2. The Morgan fingerprint density at radius 1 is 0.812 bits per heavy atom. The molecule has 3 aliphatic heterocycles. The normalized spacial score (nSPS) is 21.5. The minimum absolute atomic E-state index is 0.0709. The molecule has 4 heterocycles. The minimum Gasteiger partial charge on any atom is -0.480 e. The maximum absolute atomic E-state index is 14.4. The molecule has 0 spiro atoms. The van der Waals surface area contributed by atoms with E-state index < -0.39 is 83.5 Å². The molecule has 64 heavy (non-hydrogen) atoms.